The maximum absolute atomic E-state index is 12.2. The van der Waals surface area contributed by atoms with Crippen molar-refractivity contribution in [2.45, 2.75) is 18.6 Å². The summed E-state index contributed by atoms with van der Waals surface area (Å²) in [5.41, 5.74) is -1.91. The standard InChI is InChI=1S/C11H13N3O6/c1-20-10(18)7-2-5(15)4-14(7)9(17)6-3-12-11(19)13-8(6)16/h3,5,7,15H,2,4H2,1H3,(H2,12,13,16,19). The summed E-state index contributed by atoms with van der Waals surface area (Å²) in [5.74, 6) is -1.43. The summed E-state index contributed by atoms with van der Waals surface area (Å²) >= 11 is 0. The minimum absolute atomic E-state index is 0.0413. The van der Waals surface area contributed by atoms with Crippen LogP contribution in [-0.4, -0.2) is 57.7 Å². The van der Waals surface area contributed by atoms with Crippen LogP contribution in [0.3, 0.4) is 0 Å². The zero-order chi connectivity index (χ0) is 14.9. The number of carbonyl (C=O) groups excluding carboxylic acids is 2. The Morgan fingerprint density at radius 1 is 1.45 bits per heavy atom. The fourth-order valence-corrected chi connectivity index (χ4v) is 2.12. The van der Waals surface area contributed by atoms with E-state index in [1.165, 1.54) is 7.11 Å². The molecule has 9 heteroatoms. The molecule has 1 saturated heterocycles. The monoisotopic (exact) mass is 283 g/mol. The van der Waals surface area contributed by atoms with Gasteiger partial charge in [-0.05, 0) is 0 Å². The first-order chi connectivity index (χ1) is 9.43. The fraction of sp³-hybridized carbons (Fsp3) is 0.455. The van der Waals surface area contributed by atoms with Gasteiger partial charge in [-0.3, -0.25) is 14.6 Å². The quantitative estimate of drug-likeness (QED) is 0.528. The Morgan fingerprint density at radius 3 is 2.75 bits per heavy atom. The Labute approximate surface area is 112 Å². The molecule has 0 spiro atoms. The predicted molar refractivity (Wildman–Crippen MR) is 65.1 cm³/mol. The minimum atomic E-state index is -0.950. The van der Waals surface area contributed by atoms with Crippen LogP contribution in [0, 0.1) is 0 Å². The van der Waals surface area contributed by atoms with Crippen molar-refractivity contribution in [1.82, 2.24) is 14.9 Å². The SMILES string of the molecule is COC(=O)C1CC(O)CN1C(=O)c1c[nH]c(=O)[nH]c1=O. The molecule has 0 bridgehead atoms. The summed E-state index contributed by atoms with van der Waals surface area (Å²) in [6.45, 7) is -0.0861. The molecule has 0 aliphatic carbocycles. The van der Waals surface area contributed by atoms with E-state index in [1.54, 1.807) is 0 Å². The number of amides is 1. The van der Waals surface area contributed by atoms with Crippen LogP contribution in [0.15, 0.2) is 15.8 Å². The van der Waals surface area contributed by atoms with Crippen LogP contribution in [0.5, 0.6) is 0 Å². The molecule has 9 nitrogen and oxygen atoms in total. The van der Waals surface area contributed by atoms with Crippen LogP contribution < -0.4 is 11.2 Å². The van der Waals surface area contributed by atoms with Gasteiger partial charge in [-0.2, -0.15) is 0 Å². The van der Waals surface area contributed by atoms with E-state index in [9.17, 15) is 24.3 Å². The third-order valence-electron chi connectivity index (χ3n) is 3.06. The molecule has 0 aromatic carbocycles. The van der Waals surface area contributed by atoms with Gasteiger partial charge in [0.15, 0.2) is 0 Å². The highest BCUT2D eigenvalue weighted by Crippen LogP contribution is 2.20. The van der Waals surface area contributed by atoms with Gasteiger partial charge in [-0.15, -0.1) is 0 Å². The molecule has 0 radical (unpaired) electrons. The molecule has 3 N–H and O–H groups in total. The number of nitrogens with one attached hydrogen (secondary N) is 2. The Balaban J connectivity index is 2.34. The second kappa shape index (κ2) is 5.29. The van der Waals surface area contributed by atoms with Gasteiger partial charge in [0.1, 0.15) is 11.6 Å². The van der Waals surface area contributed by atoms with Crippen molar-refractivity contribution in [3.8, 4) is 0 Å². The molecule has 2 atom stereocenters. The average molecular weight is 283 g/mol. The first kappa shape index (κ1) is 14.0. The Hall–Kier alpha value is -2.42. The van der Waals surface area contributed by atoms with Crippen LogP contribution in [0.25, 0.3) is 0 Å². The number of β-amino-alcohol motifs (C(OH)–C–C–N with tert-alkyl or cyclic N) is 1. The van der Waals surface area contributed by atoms with E-state index in [0.29, 0.717) is 0 Å². The molecule has 2 rings (SSSR count). The number of rotatable bonds is 2. The summed E-state index contributed by atoms with van der Waals surface area (Å²) in [5, 5.41) is 9.58. The van der Waals surface area contributed by atoms with Gasteiger partial charge >= 0.3 is 11.7 Å². The van der Waals surface area contributed by atoms with Crippen molar-refractivity contribution in [2.24, 2.45) is 0 Å². The summed E-state index contributed by atoms with van der Waals surface area (Å²) < 4.78 is 4.56. The van der Waals surface area contributed by atoms with E-state index in [-0.39, 0.29) is 18.5 Å². The van der Waals surface area contributed by atoms with E-state index in [2.05, 4.69) is 9.72 Å². The lowest BCUT2D eigenvalue weighted by Gasteiger charge is -2.21. The minimum Gasteiger partial charge on any atom is -0.467 e. The zero-order valence-electron chi connectivity index (χ0n) is 10.6. The topological polar surface area (TPSA) is 133 Å². The van der Waals surface area contributed by atoms with Crippen LogP contribution in [0.4, 0.5) is 0 Å². The lowest BCUT2D eigenvalue weighted by molar-refractivity contribution is -0.145. The summed E-state index contributed by atoms with van der Waals surface area (Å²) in [6, 6.07) is -0.950. The van der Waals surface area contributed by atoms with Crippen LogP contribution >= 0.6 is 0 Å². The van der Waals surface area contributed by atoms with Crippen LogP contribution in [-0.2, 0) is 9.53 Å². The number of aromatic amines is 2. The number of aliphatic hydroxyl groups is 1. The number of esters is 1. The van der Waals surface area contributed by atoms with E-state index >= 15 is 0 Å². The molecule has 1 aliphatic rings. The van der Waals surface area contributed by atoms with Crippen LogP contribution in [0.1, 0.15) is 16.8 Å². The number of ether oxygens (including phenoxy) is 1. The van der Waals surface area contributed by atoms with Crippen molar-refractivity contribution < 1.29 is 19.4 Å². The molecule has 1 amide bonds. The second-order valence-corrected chi connectivity index (χ2v) is 4.37. The normalized spacial score (nSPS) is 21.8. The highest BCUT2D eigenvalue weighted by Gasteiger charge is 2.40. The molecule has 108 valence electrons. The number of hydrogen-bond donors (Lipinski definition) is 3. The van der Waals surface area contributed by atoms with Crippen molar-refractivity contribution in [2.75, 3.05) is 13.7 Å². The van der Waals surface area contributed by atoms with Crippen molar-refractivity contribution in [1.29, 1.82) is 0 Å². The Bertz CT molecular complexity index is 648. The zero-order valence-corrected chi connectivity index (χ0v) is 10.6. The van der Waals surface area contributed by atoms with Crippen LogP contribution in [0.2, 0.25) is 0 Å². The molecule has 1 aromatic heterocycles. The molecule has 1 fully saturated rings. The third-order valence-corrected chi connectivity index (χ3v) is 3.06. The number of hydrogen-bond acceptors (Lipinski definition) is 6. The van der Waals surface area contributed by atoms with Gasteiger partial charge in [0.25, 0.3) is 11.5 Å². The molecule has 20 heavy (non-hydrogen) atoms. The van der Waals surface area contributed by atoms with Gasteiger partial charge in [0, 0.05) is 19.2 Å². The molecule has 1 aliphatic heterocycles. The number of aliphatic hydroxyl groups excluding tert-OH is 1. The first-order valence-electron chi connectivity index (χ1n) is 5.83. The van der Waals surface area contributed by atoms with Crippen molar-refractivity contribution >= 4 is 11.9 Å². The lowest BCUT2D eigenvalue weighted by atomic mass is 10.2. The number of methoxy groups -OCH3 is 1. The summed E-state index contributed by atoms with van der Waals surface area (Å²) in [6.07, 6.45) is 0.146. The van der Waals surface area contributed by atoms with Crippen molar-refractivity contribution in [3.63, 3.8) is 0 Å². The van der Waals surface area contributed by atoms with Gasteiger partial charge < -0.3 is 19.7 Å². The molecule has 2 unspecified atom stereocenters. The molecule has 2 heterocycles. The second-order valence-electron chi connectivity index (χ2n) is 4.37. The number of nitrogens with zero attached hydrogens (tertiary/aromatic N) is 1. The number of likely N-dealkylation sites (tertiary alicyclic amines) is 1. The largest absolute Gasteiger partial charge is 0.467 e. The van der Waals surface area contributed by atoms with Gasteiger partial charge in [-0.25, -0.2) is 9.59 Å². The average Bonchev–Trinajstić information content (AvgIpc) is 2.79. The van der Waals surface area contributed by atoms with E-state index in [0.717, 1.165) is 11.1 Å². The number of carbonyl (C=O) groups is 2. The maximum atomic E-state index is 12.2. The molecule has 0 saturated carbocycles. The smallest absolute Gasteiger partial charge is 0.328 e. The van der Waals surface area contributed by atoms with E-state index < -0.39 is 35.3 Å². The predicted octanol–water partition coefficient (Wildman–Crippen LogP) is -2.19. The molecular weight excluding hydrogens is 270 g/mol. The van der Waals surface area contributed by atoms with E-state index in [1.807, 2.05) is 4.98 Å². The highest BCUT2D eigenvalue weighted by atomic mass is 16.5. The van der Waals surface area contributed by atoms with Crippen molar-refractivity contribution in [3.05, 3.63) is 32.6 Å². The third kappa shape index (κ3) is 2.48. The first-order valence-corrected chi connectivity index (χ1v) is 5.83. The maximum Gasteiger partial charge on any atom is 0.328 e. The summed E-state index contributed by atoms with van der Waals surface area (Å²) in [4.78, 5) is 51.4. The number of aromatic nitrogens is 2. The number of H-pyrrole nitrogens is 2. The molecular formula is C11H13N3O6. The van der Waals surface area contributed by atoms with Gasteiger partial charge in [0.2, 0.25) is 0 Å². The van der Waals surface area contributed by atoms with Gasteiger partial charge in [-0.1, -0.05) is 0 Å². The van der Waals surface area contributed by atoms with E-state index in [4.69, 9.17) is 0 Å². The Kier molecular flexibility index (Phi) is 3.70. The van der Waals surface area contributed by atoms with Gasteiger partial charge in [0.05, 0.1) is 13.2 Å². The highest BCUT2D eigenvalue weighted by molar-refractivity contribution is 5.96. The fourth-order valence-electron chi connectivity index (χ4n) is 2.12. The molecule has 1 aromatic rings. The lowest BCUT2D eigenvalue weighted by Crippen LogP contribution is -2.43. The Morgan fingerprint density at radius 2 is 2.15 bits per heavy atom. The summed E-state index contributed by atoms with van der Waals surface area (Å²) in [7, 11) is 1.17.